The highest BCUT2D eigenvalue weighted by molar-refractivity contribution is 5.77. The van der Waals surface area contributed by atoms with Crippen LogP contribution >= 0.6 is 0 Å². The summed E-state index contributed by atoms with van der Waals surface area (Å²) < 4.78 is 1.70. The van der Waals surface area contributed by atoms with E-state index in [2.05, 4.69) is 12.0 Å². The van der Waals surface area contributed by atoms with Gasteiger partial charge in [-0.3, -0.25) is 9.48 Å². The van der Waals surface area contributed by atoms with Crippen molar-refractivity contribution in [1.29, 1.82) is 0 Å². The summed E-state index contributed by atoms with van der Waals surface area (Å²) in [5.41, 5.74) is 8.47. The van der Waals surface area contributed by atoms with E-state index < -0.39 is 0 Å². The van der Waals surface area contributed by atoms with Crippen LogP contribution in [-0.4, -0.2) is 15.7 Å². The van der Waals surface area contributed by atoms with Gasteiger partial charge in [0.15, 0.2) is 0 Å². The minimum absolute atomic E-state index is 0.349. The van der Waals surface area contributed by atoms with Crippen LogP contribution in [0, 0.1) is 13.8 Å². The Morgan fingerprint density at radius 1 is 1.57 bits per heavy atom. The molecule has 2 N–H and O–H groups in total. The zero-order chi connectivity index (χ0) is 10.9. The van der Waals surface area contributed by atoms with E-state index in [0.29, 0.717) is 0 Å². The van der Waals surface area contributed by atoms with Crippen molar-refractivity contribution in [1.82, 2.24) is 9.78 Å². The van der Waals surface area contributed by atoms with Gasteiger partial charge < -0.3 is 5.73 Å². The molecule has 0 unspecified atom stereocenters. The molecule has 78 valence electrons. The molecule has 1 rings (SSSR count). The Morgan fingerprint density at radius 3 is 2.50 bits per heavy atom. The van der Waals surface area contributed by atoms with Gasteiger partial charge in [0.1, 0.15) is 6.04 Å². The van der Waals surface area contributed by atoms with Crippen molar-refractivity contribution < 1.29 is 4.79 Å². The predicted molar refractivity (Wildman–Crippen MR) is 55.0 cm³/mol. The van der Waals surface area contributed by atoms with E-state index in [1.165, 1.54) is 5.56 Å². The molecule has 0 aliphatic carbocycles. The van der Waals surface area contributed by atoms with Crippen molar-refractivity contribution >= 4 is 5.91 Å². The molecule has 14 heavy (non-hydrogen) atoms. The largest absolute Gasteiger partial charge is 0.368 e. The standard InChI is InChI=1S/C10H17N3O/c1-5-9-6(2)12-13(7(9)3)8(4)10(11)14/h8H,5H2,1-4H3,(H2,11,14)/t8-/m1/s1. The highest BCUT2D eigenvalue weighted by Crippen LogP contribution is 2.17. The second-order valence-electron chi connectivity index (χ2n) is 3.53. The van der Waals surface area contributed by atoms with E-state index in [1.54, 1.807) is 11.6 Å². The molecule has 0 fully saturated rings. The van der Waals surface area contributed by atoms with Crippen LogP contribution in [0.4, 0.5) is 0 Å². The lowest BCUT2D eigenvalue weighted by atomic mass is 10.1. The van der Waals surface area contributed by atoms with Crippen molar-refractivity contribution in [3.63, 3.8) is 0 Å². The number of hydrogen-bond acceptors (Lipinski definition) is 2. The first-order valence-corrected chi connectivity index (χ1v) is 4.82. The minimum atomic E-state index is -0.367. The molecule has 1 aromatic heterocycles. The Labute approximate surface area is 84.1 Å². The molecule has 0 spiro atoms. The number of carbonyl (C=O) groups excluding carboxylic acids is 1. The number of nitrogens with two attached hydrogens (primary N) is 1. The molecule has 4 nitrogen and oxygen atoms in total. The zero-order valence-electron chi connectivity index (χ0n) is 9.16. The molecule has 1 atom stereocenters. The lowest BCUT2D eigenvalue weighted by Gasteiger charge is -2.10. The van der Waals surface area contributed by atoms with E-state index in [1.807, 2.05) is 13.8 Å². The Hall–Kier alpha value is -1.32. The second-order valence-corrected chi connectivity index (χ2v) is 3.53. The van der Waals surface area contributed by atoms with Gasteiger partial charge in [0.25, 0.3) is 0 Å². The maximum absolute atomic E-state index is 11.0. The zero-order valence-corrected chi connectivity index (χ0v) is 9.16. The number of primary amides is 1. The molecule has 0 bridgehead atoms. The maximum Gasteiger partial charge on any atom is 0.242 e. The monoisotopic (exact) mass is 195 g/mol. The maximum atomic E-state index is 11.0. The fourth-order valence-corrected chi connectivity index (χ4v) is 1.71. The highest BCUT2D eigenvalue weighted by Gasteiger charge is 2.17. The molecular weight excluding hydrogens is 178 g/mol. The van der Waals surface area contributed by atoms with Gasteiger partial charge in [-0.25, -0.2) is 0 Å². The first-order valence-electron chi connectivity index (χ1n) is 4.82. The van der Waals surface area contributed by atoms with E-state index in [-0.39, 0.29) is 11.9 Å². The van der Waals surface area contributed by atoms with Crippen molar-refractivity contribution in [3.05, 3.63) is 17.0 Å². The topological polar surface area (TPSA) is 60.9 Å². The molecule has 1 amide bonds. The van der Waals surface area contributed by atoms with Crippen LogP contribution in [0.1, 0.15) is 36.8 Å². The van der Waals surface area contributed by atoms with Crippen molar-refractivity contribution in [2.24, 2.45) is 5.73 Å². The molecule has 1 heterocycles. The summed E-state index contributed by atoms with van der Waals surface area (Å²) in [6.45, 7) is 7.77. The number of hydrogen-bond donors (Lipinski definition) is 1. The van der Waals surface area contributed by atoms with E-state index in [0.717, 1.165) is 17.8 Å². The highest BCUT2D eigenvalue weighted by atomic mass is 16.1. The van der Waals surface area contributed by atoms with Gasteiger partial charge in [0.2, 0.25) is 5.91 Å². The Balaban J connectivity index is 3.17. The smallest absolute Gasteiger partial charge is 0.242 e. The van der Waals surface area contributed by atoms with Gasteiger partial charge in [-0.15, -0.1) is 0 Å². The third-order valence-corrected chi connectivity index (χ3v) is 2.61. The number of aryl methyl sites for hydroxylation is 1. The quantitative estimate of drug-likeness (QED) is 0.785. The Morgan fingerprint density at radius 2 is 2.14 bits per heavy atom. The van der Waals surface area contributed by atoms with E-state index in [9.17, 15) is 4.79 Å². The fourth-order valence-electron chi connectivity index (χ4n) is 1.71. The molecular formula is C10H17N3O. The molecule has 4 heteroatoms. The van der Waals surface area contributed by atoms with E-state index >= 15 is 0 Å². The number of nitrogens with zero attached hydrogens (tertiary/aromatic N) is 2. The first kappa shape index (κ1) is 10.8. The van der Waals surface area contributed by atoms with Crippen LogP contribution in [0.25, 0.3) is 0 Å². The number of carbonyl (C=O) groups is 1. The van der Waals surface area contributed by atoms with Crippen molar-refractivity contribution in [2.45, 2.75) is 40.2 Å². The van der Waals surface area contributed by atoms with Crippen molar-refractivity contribution in [2.75, 3.05) is 0 Å². The summed E-state index contributed by atoms with van der Waals surface area (Å²) in [4.78, 5) is 11.0. The molecule has 0 aliphatic rings. The van der Waals surface area contributed by atoms with Crippen LogP contribution in [0.15, 0.2) is 0 Å². The molecule has 0 radical (unpaired) electrons. The summed E-state index contributed by atoms with van der Waals surface area (Å²) in [6, 6.07) is -0.367. The summed E-state index contributed by atoms with van der Waals surface area (Å²) in [6.07, 6.45) is 0.934. The van der Waals surface area contributed by atoms with E-state index in [4.69, 9.17) is 5.73 Å². The van der Waals surface area contributed by atoms with Gasteiger partial charge in [0.05, 0.1) is 5.69 Å². The van der Waals surface area contributed by atoms with Gasteiger partial charge in [-0.1, -0.05) is 6.92 Å². The van der Waals surface area contributed by atoms with Gasteiger partial charge in [-0.2, -0.15) is 5.10 Å². The molecule has 1 aromatic rings. The Kier molecular flexibility index (Phi) is 2.93. The SMILES string of the molecule is CCc1c(C)nn([C@H](C)C(N)=O)c1C. The summed E-state index contributed by atoms with van der Waals surface area (Å²) in [7, 11) is 0. The Bertz CT molecular complexity index is 354. The first-order chi connectivity index (χ1) is 6.49. The van der Waals surface area contributed by atoms with Crippen LogP contribution in [0.3, 0.4) is 0 Å². The number of rotatable bonds is 3. The number of aromatic nitrogens is 2. The molecule has 0 aromatic carbocycles. The van der Waals surface area contributed by atoms with Crippen LogP contribution < -0.4 is 5.73 Å². The van der Waals surface area contributed by atoms with Gasteiger partial charge >= 0.3 is 0 Å². The average molecular weight is 195 g/mol. The lowest BCUT2D eigenvalue weighted by Crippen LogP contribution is -2.25. The van der Waals surface area contributed by atoms with Crippen LogP contribution in [0.5, 0.6) is 0 Å². The van der Waals surface area contributed by atoms with Crippen LogP contribution in [0.2, 0.25) is 0 Å². The average Bonchev–Trinajstić information content (AvgIpc) is 2.40. The summed E-state index contributed by atoms with van der Waals surface area (Å²) >= 11 is 0. The fraction of sp³-hybridized carbons (Fsp3) is 0.600. The molecule has 0 aliphatic heterocycles. The normalized spacial score (nSPS) is 12.9. The van der Waals surface area contributed by atoms with Gasteiger partial charge in [-0.05, 0) is 32.8 Å². The lowest BCUT2D eigenvalue weighted by molar-refractivity contribution is -0.121. The minimum Gasteiger partial charge on any atom is -0.368 e. The molecule has 0 saturated carbocycles. The van der Waals surface area contributed by atoms with Crippen molar-refractivity contribution in [3.8, 4) is 0 Å². The number of amides is 1. The van der Waals surface area contributed by atoms with Crippen LogP contribution in [-0.2, 0) is 11.2 Å². The third kappa shape index (κ3) is 1.64. The third-order valence-electron chi connectivity index (χ3n) is 2.61. The summed E-state index contributed by atoms with van der Waals surface area (Å²) in [5.74, 6) is -0.349. The molecule has 0 saturated heterocycles. The predicted octanol–water partition coefficient (Wildman–Crippen LogP) is 1.11. The summed E-state index contributed by atoms with van der Waals surface area (Å²) in [5, 5.41) is 4.32. The van der Waals surface area contributed by atoms with Gasteiger partial charge in [0, 0.05) is 5.69 Å². The second kappa shape index (κ2) is 3.82.